The largest absolute Gasteiger partial charge is 0.469 e. The predicted octanol–water partition coefficient (Wildman–Crippen LogP) is 2.91. The molecule has 140 valence electrons. The Morgan fingerprint density at radius 2 is 1.42 bits per heavy atom. The maximum atomic E-state index is 12.1. The van der Waals surface area contributed by atoms with Crippen LogP contribution in [0, 0.1) is 0 Å². The van der Waals surface area contributed by atoms with Crippen LogP contribution in [-0.4, -0.2) is 53.8 Å². The minimum Gasteiger partial charge on any atom is -0.469 e. The van der Waals surface area contributed by atoms with Crippen molar-refractivity contribution in [1.82, 2.24) is 4.90 Å². The molecule has 1 fully saturated rings. The lowest BCUT2D eigenvalue weighted by Crippen LogP contribution is -2.45. The number of esters is 2. The van der Waals surface area contributed by atoms with Gasteiger partial charge in [-0.2, -0.15) is 0 Å². The van der Waals surface area contributed by atoms with Gasteiger partial charge in [-0.3, -0.25) is 9.69 Å². The minimum absolute atomic E-state index is 0.245. The van der Waals surface area contributed by atoms with Crippen molar-refractivity contribution in [2.75, 3.05) is 13.7 Å². The number of rotatable bonds is 1. The topological polar surface area (TPSA) is 82.1 Å². The first kappa shape index (κ1) is 22.2. The molecule has 0 aliphatic carbocycles. The summed E-state index contributed by atoms with van der Waals surface area (Å²) in [5, 5.41) is 0. The molecule has 1 saturated heterocycles. The van der Waals surface area contributed by atoms with E-state index in [-0.39, 0.29) is 11.9 Å². The molecular weight excluding hydrogens is 314 g/mol. The highest BCUT2D eigenvalue weighted by Crippen LogP contribution is 2.23. The van der Waals surface area contributed by atoms with Crippen LogP contribution in [0.4, 0.5) is 4.79 Å². The standard InChI is InChI=1S/C14H25NO4.C3H6O2/c1-13(2,3)18-11(16)10-8-7-9-15(10)12(17)19-14(4,5)6;1-3(4)5-2/h10H,7-9H2,1-6H3;1-2H3. The van der Waals surface area contributed by atoms with E-state index in [4.69, 9.17) is 9.47 Å². The number of amides is 1. The van der Waals surface area contributed by atoms with Gasteiger partial charge in [0.2, 0.25) is 0 Å². The zero-order valence-electron chi connectivity index (χ0n) is 16.1. The average molecular weight is 345 g/mol. The fourth-order valence-corrected chi connectivity index (χ4v) is 1.92. The maximum absolute atomic E-state index is 12.1. The van der Waals surface area contributed by atoms with Crippen LogP contribution in [0.15, 0.2) is 0 Å². The summed E-state index contributed by atoms with van der Waals surface area (Å²) in [6, 6.07) is -0.519. The second kappa shape index (κ2) is 8.89. The lowest BCUT2D eigenvalue weighted by Gasteiger charge is -2.29. The SMILES string of the molecule is CC(C)(C)OC(=O)C1CCCN1C(=O)OC(C)(C)C.COC(C)=O. The van der Waals surface area contributed by atoms with E-state index < -0.39 is 23.3 Å². The highest BCUT2D eigenvalue weighted by atomic mass is 16.6. The number of ether oxygens (including phenoxy) is 3. The lowest BCUT2D eigenvalue weighted by molar-refractivity contribution is -0.160. The van der Waals surface area contributed by atoms with Gasteiger partial charge >= 0.3 is 18.0 Å². The second-order valence-corrected chi connectivity index (χ2v) is 7.56. The fourth-order valence-electron chi connectivity index (χ4n) is 1.92. The van der Waals surface area contributed by atoms with E-state index in [0.29, 0.717) is 13.0 Å². The van der Waals surface area contributed by atoms with Crippen LogP contribution in [0.5, 0.6) is 0 Å². The van der Waals surface area contributed by atoms with E-state index in [9.17, 15) is 14.4 Å². The number of hydrogen-bond donors (Lipinski definition) is 0. The van der Waals surface area contributed by atoms with E-state index in [1.807, 2.05) is 41.5 Å². The van der Waals surface area contributed by atoms with Crippen molar-refractivity contribution >= 4 is 18.0 Å². The van der Waals surface area contributed by atoms with Gasteiger partial charge in [0, 0.05) is 13.5 Å². The predicted molar refractivity (Wildman–Crippen MR) is 89.5 cm³/mol. The Kier molecular flexibility index (Phi) is 8.23. The van der Waals surface area contributed by atoms with Crippen LogP contribution in [-0.2, 0) is 23.8 Å². The van der Waals surface area contributed by atoms with Gasteiger partial charge in [-0.1, -0.05) is 0 Å². The van der Waals surface area contributed by atoms with Crippen molar-refractivity contribution in [3.05, 3.63) is 0 Å². The summed E-state index contributed by atoms with van der Waals surface area (Å²) in [6.07, 6.45) is 0.984. The molecule has 0 N–H and O–H groups in total. The molecule has 1 heterocycles. The van der Waals surface area contributed by atoms with E-state index in [1.54, 1.807) is 0 Å². The Balaban J connectivity index is 0.000000922. The first-order valence-corrected chi connectivity index (χ1v) is 8.04. The highest BCUT2D eigenvalue weighted by Gasteiger charge is 2.38. The number of carbonyl (C=O) groups is 3. The van der Waals surface area contributed by atoms with E-state index in [1.165, 1.54) is 18.9 Å². The zero-order valence-corrected chi connectivity index (χ0v) is 16.1. The molecule has 0 radical (unpaired) electrons. The molecule has 7 heteroatoms. The normalized spacial score (nSPS) is 17.5. The van der Waals surface area contributed by atoms with Crippen molar-refractivity contribution in [2.24, 2.45) is 0 Å². The molecule has 1 aliphatic rings. The summed E-state index contributed by atoms with van der Waals surface area (Å²) in [7, 11) is 1.35. The highest BCUT2D eigenvalue weighted by molar-refractivity contribution is 5.82. The lowest BCUT2D eigenvalue weighted by atomic mass is 10.1. The van der Waals surface area contributed by atoms with E-state index >= 15 is 0 Å². The molecule has 1 rings (SSSR count). The molecule has 1 unspecified atom stereocenters. The van der Waals surface area contributed by atoms with Gasteiger partial charge < -0.3 is 14.2 Å². The molecule has 7 nitrogen and oxygen atoms in total. The third kappa shape index (κ3) is 9.37. The van der Waals surface area contributed by atoms with E-state index in [0.717, 1.165) is 6.42 Å². The summed E-state index contributed by atoms with van der Waals surface area (Å²) in [4.78, 5) is 35.2. The van der Waals surface area contributed by atoms with Crippen molar-refractivity contribution in [3.8, 4) is 0 Å². The summed E-state index contributed by atoms with van der Waals surface area (Å²) < 4.78 is 14.8. The number of methoxy groups -OCH3 is 1. The second-order valence-electron chi connectivity index (χ2n) is 7.56. The monoisotopic (exact) mass is 345 g/mol. The minimum atomic E-state index is -0.557. The summed E-state index contributed by atoms with van der Waals surface area (Å²) in [5.41, 5.74) is -1.10. The molecule has 24 heavy (non-hydrogen) atoms. The number of nitrogens with zero attached hydrogens (tertiary/aromatic N) is 1. The molecule has 1 atom stereocenters. The molecule has 1 amide bonds. The molecule has 1 aliphatic heterocycles. The molecule has 0 aromatic rings. The smallest absolute Gasteiger partial charge is 0.411 e. The van der Waals surface area contributed by atoms with Gasteiger partial charge in [-0.25, -0.2) is 9.59 Å². The quantitative estimate of drug-likeness (QED) is 0.537. The first-order chi connectivity index (χ1) is 10.8. The van der Waals surface area contributed by atoms with Crippen LogP contribution in [0.1, 0.15) is 61.3 Å². The van der Waals surface area contributed by atoms with Crippen LogP contribution >= 0.6 is 0 Å². The first-order valence-electron chi connectivity index (χ1n) is 8.04. The Labute approximate surface area is 144 Å². The van der Waals surface area contributed by atoms with Gasteiger partial charge in [0.05, 0.1) is 7.11 Å². The van der Waals surface area contributed by atoms with Crippen LogP contribution < -0.4 is 0 Å². The molecule has 0 saturated carbocycles. The third-order valence-corrected chi connectivity index (χ3v) is 2.85. The Morgan fingerprint density at radius 1 is 0.958 bits per heavy atom. The third-order valence-electron chi connectivity index (χ3n) is 2.85. The van der Waals surface area contributed by atoms with Crippen LogP contribution in [0.25, 0.3) is 0 Å². The summed E-state index contributed by atoms with van der Waals surface area (Å²) in [6.45, 7) is 12.8. The van der Waals surface area contributed by atoms with Crippen molar-refractivity contribution in [2.45, 2.75) is 78.6 Å². The molecule has 0 aromatic heterocycles. The number of likely N-dealkylation sites (tertiary alicyclic amines) is 1. The van der Waals surface area contributed by atoms with Gasteiger partial charge in [-0.05, 0) is 54.4 Å². The average Bonchev–Trinajstić information content (AvgIpc) is 2.84. The Hall–Kier alpha value is -1.79. The van der Waals surface area contributed by atoms with Gasteiger partial charge in [0.15, 0.2) is 0 Å². The molecule has 0 spiro atoms. The molecular formula is C17H31NO6. The summed E-state index contributed by atoms with van der Waals surface area (Å²) >= 11 is 0. The van der Waals surface area contributed by atoms with Crippen molar-refractivity contribution in [3.63, 3.8) is 0 Å². The van der Waals surface area contributed by atoms with Crippen molar-refractivity contribution < 1.29 is 28.6 Å². The molecule has 0 bridgehead atoms. The van der Waals surface area contributed by atoms with Gasteiger partial charge in [0.25, 0.3) is 0 Å². The fraction of sp³-hybridized carbons (Fsp3) is 0.824. The Bertz CT molecular complexity index is 413. The van der Waals surface area contributed by atoms with Crippen LogP contribution in [0.3, 0.4) is 0 Å². The van der Waals surface area contributed by atoms with E-state index in [2.05, 4.69) is 4.74 Å². The van der Waals surface area contributed by atoms with Crippen LogP contribution in [0.2, 0.25) is 0 Å². The summed E-state index contributed by atoms with van der Waals surface area (Å²) in [5.74, 6) is -0.596. The number of hydrogen-bond acceptors (Lipinski definition) is 6. The molecule has 0 aromatic carbocycles. The van der Waals surface area contributed by atoms with Gasteiger partial charge in [-0.15, -0.1) is 0 Å². The maximum Gasteiger partial charge on any atom is 0.411 e. The van der Waals surface area contributed by atoms with Crippen molar-refractivity contribution in [1.29, 1.82) is 0 Å². The Morgan fingerprint density at radius 3 is 1.79 bits per heavy atom. The zero-order chi connectivity index (χ0) is 19.1. The van der Waals surface area contributed by atoms with Gasteiger partial charge in [0.1, 0.15) is 17.2 Å². The number of carbonyl (C=O) groups excluding carboxylic acids is 3.